The third-order valence-corrected chi connectivity index (χ3v) is 5.03. The van der Waals surface area contributed by atoms with E-state index >= 15 is 0 Å². The molecule has 0 radical (unpaired) electrons. The fourth-order valence-electron chi connectivity index (χ4n) is 2.99. The lowest BCUT2D eigenvalue weighted by Crippen LogP contribution is -2.18. The second kappa shape index (κ2) is 10.7. The Balaban J connectivity index is 1.63. The van der Waals surface area contributed by atoms with Crippen molar-refractivity contribution in [3.05, 3.63) is 83.9 Å². The number of halogens is 1. The fraction of sp³-hybridized carbons (Fsp3) is 0.269. The van der Waals surface area contributed by atoms with Crippen molar-refractivity contribution < 1.29 is 23.2 Å². The minimum atomic E-state index is -0.575. The SMILES string of the molecule is C=C(O/C=C(\C)c1ccc(C=O)c(F)c1)C(CC)Oc1ccc(-c2noc(C(C)C)n2)cc1. The summed E-state index contributed by atoms with van der Waals surface area (Å²) >= 11 is 0. The number of carbonyl (C=O) groups is 1. The van der Waals surface area contributed by atoms with Crippen LogP contribution in [0.4, 0.5) is 4.39 Å². The van der Waals surface area contributed by atoms with Gasteiger partial charge in [0, 0.05) is 11.5 Å². The Morgan fingerprint density at radius 2 is 1.94 bits per heavy atom. The largest absolute Gasteiger partial charge is 0.483 e. The van der Waals surface area contributed by atoms with Crippen molar-refractivity contribution in [1.29, 1.82) is 0 Å². The van der Waals surface area contributed by atoms with Crippen molar-refractivity contribution >= 4 is 11.9 Å². The fourth-order valence-corrected chi connectivity index (χ4v) is 2.99. The summed E-state index contributed by atoms with van der Waals surface area (Å²) in [6.07, 6.45) is 2.23. The van der Waals surface area contributed by atoms with Crippen LogP contribution in [0.5, 0.6) is 5.75 Å². The van der Waals surface area contributed by atoms with Crippen molar-refractivity contribution in [2.24, 2.45) is 0 Å². The first-order valence-electron chi connectivity index (χ1n) is 10.7. The van der Waals surface area contributed by atoms with E-state index in [1.54, 1.807) is 13.0 Å². The summed E-state index contributed by atoms with van der Waals surface area (Å²) in [5, 5.41) is 4.02. The average molecular weight is 451 g/mol. The van der Waals surface area contributed by atoms with Gasteiger partial charge in [-0.05, 0) is 60.9 Å². The van der Waals surface area contributed by atoms with Crippen LogP contribution in [0.2, 0.25) is 0 Å². The number of benzene rings is 2. The maximum atomic E-state index is 13.9. The second-order valence-electron chi connectivity index (χ2n) is 7.89. The zero-order chi connectivity index (χ0) is 24.0. The molecule has 0 amide bonds. The lowest BCUT2D eigenvalue weighted by atomic mass is 10.1. The lowest BCUT2D eigenvalue weighted by Gasteiger charge is -2.19. The Kier molecular flexibility index (Phi) is 7.77. The van der Waals surface area contributed by atoms with Gasteiger partial charge in [-0.2, -0.15) is 4.98 Å². The van der Waals surface area contributed by atoms with E-state index in [1.807, 2.05) is 45.0 Å². The summed E-state index contributed by atoms with van der Waals surface area (Å²) in [6.45, 7) is 11.7. The number of hydrogen-bond acceptors (Lipinski definition) is 6. The van der Waals surface area contributed by atoms with E-state index in [0.717, 1.165) is 5.56 Å². The third kappa shape index (κ3) is 5.94. The predicted molar refractivity (Wildman–Crippen MR) is 124 cm³/mol. The van der Waals surface area contributed by atoms with E-state index < -0.39 is 5.82 Å². The standard InChI is InChI=1S/C26H27FN2O4/c1-6-24(18(5)31-15-17(4)20-7-8-21(14-30)23(27)13-20)32-22-11-9-19(10-12-22)25-28-26(16(2)3)33-29-25/h7-16,24H,5-6H2,1-4H3/b17-15+. The molecule has 0 aliphatic heterocycles. The monoisotopic (exact) mass is 450 g/mol. The Morgan fingerprint density at radius 3 is 2.52 bits per heavy atom. The van der Waals surface area contributed by atoms with Crippen LogP contribution in [0.25, 0.3) is 17.0 Å². The van der Waals surface area contributed by atoms with Crippen molar-refractivity contribution in [3.8, 4) is 17.1 Å². The Bertz CT molecular complexity index is 1150. The van der Waals surface area contributed by atoms with E-state index in [2.05, 4.69) is 16.7 Å². The molecule has 6 nitrogen and oxygen atoms in total. The number of aldehydes is 1. The van der Waals surface area contributed by atoms with Crippen LogP contribution < -0.4 is 4.74 Å². The molecule has 0 saturated carbocycles. The van der Waals surface area contributed by atoms with E-state index in [0.29, 0.717) is 47.1 Å². The molecule has 1 aromatic heterocycles. The Morgan fingerprint density at radius 1 is 1.21 bits per heavy atom. The van der Waals surface area contributed by atoms with Gasteiger partial charge in [0.15, 0.2) is 12.4 Å². The highest BCUT2D eigenvalue weighted by Crippen LogP contribution is 2.25. The smallest absolute Gasteiger partial charge is 0.229 e. The van der Waals surface area contributed by atoms with Crippen LogP contribution in [-0.4, -0.2) is 22.5 Å². The molecular weight excluding hydrogens is 423 g/mol. The zero-order valence-electron chi connectivity index (χ0n) is 19.2. The summed E-state index contributed by atoms with van der Waals surface area (Å²) < 4.78 is 30.8. The highest BCUT2D eigenvalue weighted by molar-refractivity contribution is 5.76. The van der Waals surface area contributed by atoms with Gasteiger partial charge in [0.1, 0.15) is 17.3 Å². The van der Waals surface area contributed by atoms with Gasteiger partial charge < -0.3 is 14.0 Å². The molecule has 33 heavy (non-hydrogen) atoms. The molecular formula is C26H27FN2O4. The van der Waals surface area contributed by atoms with Crippen molar-refractivity contribution in [2.75, 3.05) is 0 Å². The van der Waals surface area contributed by atoms with Crippen LogP contribution in [0.1, 0.15) is 61.8 Å². The number of nitrogens with zero attached hydrogens (tertiary/aromatic N) is 2. The quantitative estimate of drug-likeness (QED) is 0.257. The zero-order valence-corrected chi connectivity index (χ0v) is 19.2. The molecule has 1 heterocycles. The number of carbonyl (C=O) groups excluding carboxylic acids is 1. The maximum Gasteiger partial charge on any atom is 0.229 e. The van der Waals surface area contributed by atoms with Crippen LogP contribution in [0, 0.1) is 5.82 Å². The third-order valence-electron chi connectivity index (χ3n) is 5.03. The molecule has 2 aromatic carbocycles. The Labute approximate surface area is 192 Å². The first kappa shape index (κ1) is 23.9. The van der Waals surface area contributed by atoms with Crippen molar-refractivity contribution in [3.63, 3.8) is 0 Å². The van der Waals surface area contributed by atoms with Gasteiger partial charge in [-0.15, -0.1) is 0 Å². The second-order valence-corrected chi connectivity index (χ2v) is 7.89. The molecule has 0 aliphatic carbocycles. The summed E-state index contributed by atoms with van der Waals surface area (Å²) in [5.74, 6) is 1.78. The minimum absolute atomic E-state index is 0.0158. The number of aromatic nitrogens is 2. The number of ether oxygens (including phenoxy) is 2. The Hall–Kier alpha value is -3.74. The maximum absolute atomic E-state index is 13.9. The van der Waals surface area contributed by atoms with Gasteiger partial charge in [0.2, 0.25) is 11.7 Å². The highest BCUT2D eigenvalue weighted by atomic mass is 19.1. The first-order valence-corrected chi connectivity index (χ1v) is 10.7. The predicted octanol–water partition coefficient (Wildman–Crippen LogP) is 6.56. The minimum Gasteiger partial charge on any atom is -0.483 e. The van der Waals surface area contributed by atoms with E-state index in [1.165, 1.54) is 18.4 Å². The summed E-state index contributed by atoms with van der Waals surface area (Å²) in [7, 11) is 0. The molecule has 3 rings (SSSR count). The average Bonchev–Trinajstić information content (AvgIpc) is 3.32. The molecule has 0 saturated heterocycles. The van der Waals surface area contributed by atoms with Crippen LogP contribution >= 0.6 is 0 Å². The normalized spacial score (nSPS) is 12.5. The van der Waals surface area contributed by atoms with Crippen molar-refractivity contribution in [1.82, 2.24) is 10.1 Å². The molecule has 0 aliphatic rings. The number of allylic oxidation sites excluding steroid dienone is 1. The van der Waals surface area contributed by atoms with Crippen LogP contribution in [-0.2, 0) is 4.74 Å². The van der Waals surface area contributed by atoms with Crippen LogP contribution in [0.15, 0.2) is 65.6 Å². The summed E-state index contributed by atoms with van der Waals surface area (Å²) in [6, 6.07) is 11.8. The molecule has 7 heteroatoms. The molecule has 3 aromatic rings. The van der Waals surface area contributed by atoms with E-state index in [9.17, 15) is 9.18 Å². The van der Waals surface area contributed by atoms with Crippen molar-refractivity contribution in [2.45, 2.75) is 46.1 Å². The highest BCUT2D eigenvalue weighted by Gasteiger charge is 2.15. The topological polar surface area (TPSA) is 74.5 Å². The summed E-state index contributed by atoms with van der Waals surface area (Å²) in [4.78, 5) is 15.2. The van der Waals surface area contributed by atoms with Gasteiger partial charge in [-0.3, -0.25) is 4.79 Å². The molecule has 0 bridgehead atoms. The summed E-state index contributed by atoms with van der Waals surface area (Å²) in [5.41, 5.74) is 2.14. The molecule has 0 fully saturated rings. The van der Waals surface area contributed by atoms with Gasteiger partial charge >= 0.3 is 0 Å². The van der Waals surface area contributed by atoms with E-state index in [4.69, 9.17) is 14.0 Å². The molecule has 172 valence electrons. The molecule has 0 spiro atoms. The van der Waals surface area contributed by atoms with Gasteiger partial charge in [0.25, 0.3) is 0 Å². The van der Waals surface area contributed by atoms with Gasteiger partial charge in [-0.1, -0.05) is 38.6 Å². The van der Waals surface area contributed by atoms with Crippen LogP contribution in [0.3, 0.4) is 0 Å². The van der Waals surface area contributed by atoms with Gasteiger partial charge in [0.05, 0.1) is 11.8 Å². The molecule has 0 N–H and O–H groups in total. The number of rotatable bonds is 10. The molecule has 1 atom stereocenters. The van der Waals surface area contributed by atoms with Gasteiger partial charge in [-0.25, -0.2) is 4.39 Å². The van der Waals surface area contributed by atoms with E-state index in [-0.39, 0.29) is 17.6 Å². The number of hydrogen-bond donors (Lipinski definition) is 0. The lowest BCUT2D eigenvalue weighted by molar-refractivity contribution is 0.112. The first-order chi connectivity index (χ1) is 15.8. The molecule has 1 unspecified atom stereocenters.